The van der Waals surface area contributed by atoms with Gasteiger partial charge >= 0.3 is 6.18 Å². The number of anilines is 3. The van der Waals surface area contributed by atoms with Gasteiger partial charge in [0.1, 0.15) is 11.9 Å². The molecule has 108 valence electrons. The number of aromatic nitrogens is 1. The van der Waals surface area contributed by atoms with E-state index in [-0.39, 0.29) is 22.1 Å². The second kappa shape index (κ2) is 5.50. The summed E-state index contributed by atoms with van der Waals surface area (Å²) in [5, 5.41) is 11.6. The van der Waals surface area contributed by atoms with Crippen molar-refractivity contribution in [2.45, 2.75) is 6.18 Å². The third-order valence-corrected chi connectivity index (χ3v) is 2.89. The van der Waals surface area contributed by atoms with E-state index in [4.69, 9.17) is 22.6 Å². The zero-order valence-corrected chi connectivity index (χ0v) is 11.1. The number of nitrogens with one attached hydrogen (secondary N) is 1. The zero-order valence-electron chi connectivity index (χ0n) is 10.4. The summed E-state index contributed by atoms with van der Waals surface area (Å²) in [4.78, 5) is 3.92. The van der Waals surface area contributed by atoms with Crippen LogP contribution in [0.1, 0.15) is 11.1 Å². The lowest BCUT2D eigenvalue weighted by atomic mass is 10.2. The molecule has 0 amide bonds. The van der Waals surface area contributed by atoms with Gasteiger partial charge in [0, 0.05) is 0 Å². The van der Waals surface area contributed by atoms with Crippen LogP contribution < -0.4 is 11.1 Å². The zero-order chi connectivity index (χ0) is 15.6. The van der Waals surface area contributed by atoms with Crippen LogP contribution in [0, 0.1) is 11.3 Å². The van der Waals surface area contributed by atoms with Crippen molar-refractivity contribution < 1.29 is 13.2 Å². The first-order valence-corrected chi connectivity index (χ1v) is 5.98. The van der Waals surface area contributed by atoms with Crippen molar-refractivity contribution in [1.29, 1.82) is 5.26 Å². The summed E-state index contributed by atoms with van der Waals surface area (Å²) in [6, 6.07) is 6.14. The van der Waals surface area contributed by atoms with E-state index in [2.05, 4.69) is 10.3 Å². The second-order valence-corrected chi connectivity index (χ2v) is 4.50. The Bertz CT molecular complexity index is 722. The molecule has 0 bridgehead atoms. The van der Waals surface area contributed by atoms with E-state index in [0.717, 1.165) is 12.1 Å². The molecule has 2 rings (SSSR count). The number of benzene rings is 1. The Balaban J connectivity index is 2.35. The van der Waals surface area contributed by atoms with E-state index in [0.29, 0.717) is 5.69 Å². The van der Waals surface area contributed by atoms with Crippen molar-refractivity contribution in [3.8, 4) is 6.07 Å². The van der Waals surface area contributed by atoms with Crippen molar-refractivity contribution in [2.24, 2.45) is 0 Å². The monoisotopic (exact) mass is 312 g/mol. The Morgan fingerprint density at radius 1 is 1.29 bits per heavy atom. The Morgan fingerprint density at radius 3 is 2.57 bits per heavy atom. The molecule has 0 aliphatic carbocycles. The van der Waals surface area contributed by atoms with Crippen LogP contribution in [0.15, 0.2) is 30.5 Å². The van der Waals surface area contributed by atoms with Gasteiger partial charge in [0.05, 0.1) is 33.7 Å². The predicted molar refractivity (Wildman–Crippen MR) is 73.1 cm³/mol. The van der Waals surface area contributed by atoms with Gasteiger partial charge in [-0.25, -0.2) is 4.98 Å². The molecule has 21 heavy (non-hydrogen) atoms. The smallest absolute Gasteiger partial charge is 0.397 e. The third kappa shape index (κ3) is 3.35. The van der Waals surface area contributed by atoms with E-state index < -0.39 is 11.7 Å². The molecule has 1 aromatic carbocycles. The van der Waals surface area contributed by atoms with Gasteiger partial charge in [-0.2, -0.15) is 18.4 Å². The highest BCUT2D eigenvalue weighted by molar-refractivity contribution is 6.33. The molecule has 0 saturated carbocycles. The molecule has 8 heteroatoms. The van der Waals surface area contributed by atoms with Gasteiger partial charge in [-0.15, -0.1) is 0 Å². The van der Waals surface area contributed by atoms with Crippen molar-refractivity contribution in [2.75, 3.05) is 11.1 Å². The summed E-state index contributed by atoms with van der Waals surface area (Å²) in [7, 11) is 0. The van der Waals surface area contributed by atoms with Crippen LogP contribution in [0.25, 0.3) is 0 Å². The molecule has 2 aromatic rings. The van der Waals surface area contributed by atoms with Crippen molar-refractivity contribution in [1.82, 2.24) is 4.98 Å². The van der Waals surface area contributed by atoms with Crippen LogP contribution in [0.5, 0.6) is 0 Å². The van der Waals surface area contributed by atoms with Crippen molar-refractivity contribution >= 4 is 28.8 Å². The fourth-order valence-corrected chi connectivity index (χ4v) is 1.81. The number of rotatable bonds is 2. The number of nitrogen functional groups attached to an aromatic ring is 1. The highest BCUT2D eigenvalue weighted by Crippen LogP contribution is 2.34. The lowest BCUT2D eigenvalue weighted by Crippen LogP contribution is -2.05. The number of nitrogens with zero attached hydrogens (tertiary/aromatic N) is 2. The van der Waals surface area contributed by atoms with Crippen LogP contribution >= 0.6 is 11.6 Å². The summed E-state index contributed by atoms with van der Waals surface area (Å²) in [5.41, 5.74) is 5.31. The number of nitriles is 1. The maximum Gasteiger partial charge on any atom is 0.416 e. The SMILES string of the molecule is N#Cc1cc(N)cnc1Nc1ccc(C(F)(F)F)cc1Cl. The minimum Gasteiger partial charge on any atom is -0.397 e. The molecule has 0 spiro atoms. The summed E-state index contributed by atoms with van der Waals surface area (Å²) < 4.78 is 37.6. The number of hydrogen-bond acceptors (Lipinski definition) is 4. The van der Waals surface area contributed by atoms with Crippen molar-refractivity contribution in [3.05, 3.63) is 46.6 Å². The molecule has 0 aliphatic rings. The molecule has 0 saturated heterocycles. The molecular weight excluding hydrogens is 305 g/mol. The Labute approximate surface area is 123 Å². The maximum absolute atomic E-state index is 12.5. The van der Waals surface area contributed by atoms with E-state index in [1.54, 1.807) is 0 Å². The third-order valence-electron chi connectivity index (χ3n) is 2.58. The largest absolute Gasteiger partial charge is 0.416 e. The van der Waals surface area contributed by atoms with Gasteiger partial charge in [0.15, 0.2) is 0 Å². The van der Waals surface area contributed by atoms with Crippen LogP contribution in [0.3, 0.4) is 0 Å². The minimum absolute atomic E-state index is 0.132. The van der Waals surface area contributed by atoms with Crippen LogP contribution in [-0.4, -0.2) is 4.98 Å². The highest BCUT2D eigenvalue weighted by atomic mass is 35.5. The lowest BCUT2D eigenvalue weighted by Gasteiger charge is -2.12. The topological polar surface area (TPSA) is 74.7 Å². The number of hydrogen-bond donors (Lipinski definition) is 2. The Kier molecular flexibility index (Phi) is 3.91. The Morgan fingerprint density at radius 2 is 2.00 bits per heavy atom. The average molecular weight is 313 g/mol. The maximum atomic E-state index is 12.5. The molecule has 0 radical (unpaired) electrons. The fourth-order valence-electron chi connectivity index (χ4n) is 1.59. The highest BCUT2D eigenvalue weighted by Gasteiger charge is 2.30. The molecule has 0 unspecified atom stereocenters. The van der Waals surface area contributed by atoms with Gasteiger partial charge in [-0.05, 0) is 24.3 Å². The second-order valence-electron chi connectivity index (χ2n) is 4.09. The molecular formula is C13H8ClF3N4. The molecule has 4 nitrogen and oxygen atoms in total. The number of nitrogens with two attached hydrogens (primary N) is 1. The number of alkyl halides is 3. The van der Waals surface area contributed by atoms with Gasteiger partial charge < -0.3 is 11.1 Å². The molecule has 0 aliphatic heterocycles. The quantitative estimate of drug-likeness (QED) is 0.880. The summed E-state index contributed by atoms with van der Waals surface area (Å²) in [6.45, 7) is 0. The van der Waals surface area contributed by atoms with Crippen LogP contribution in [0.2, 0.25) is 5.02 Å². The summed E-state index contributed by atoms with van der Waals surface area (Å²) >= 11 is 5.81. The van der Waals surface area contributed by atoms with Gasteiger partial charge in [-0.3, -0.25) is 0 Å². The molecule has 1 aromatic heterocycles. The molecule has 0 atom stereocenters. The fraction of sp³-hybridized carbons (Fsp3) is 0.0769. The van der Waals surface area contributed by atoms with Crippen LogP contribution in [-0.2, 0) is 6.18 Å². The first kappa shape index (κ1) is 14.9. The van der Waals surface area contributed by atoms with Gasteiger partial charge in [-0.1, -0.05) is 11.6 Å². The van der Waals surface area contributed by atoms with Crippen LogP contribution in [0.4, 0.5) is 30.4 Å². The molecule has 3 N–H and O–H groups in total. The van der Waals surface area contributed by atoms with E-state index >= 15 is 0 Å². The predicted octanol–water partition coefficient (Wildman–Crippen LogP) is 3.95. The summed E-state index contributed by atoms with van der Waals surface area (Å²) in [6.07, 6.45) is -3.15. The molecule has 1 heterocycles. The average Bonchev–Trinajstić information content (AvgIpc) is 2.41. The minimum atomic E-state index is -4.47. The van der Waals surface area contributed by atoms with E-state index in [1.165, 1.54) is 18.3 Å². The normalized spacial score (nSPS) is 11.0. The number of pyridine rings is 1. The first-order chi connectivity index (χ1) is 9.81. The number of halogens is 4. The summed E-state index contributed by atoms with van der Waals surface area (Å²) in [5.74, 6) is 0.161. The standard InChI is InChI=1S/C13H8ClF3N4/c14-10-4-8(13(15,16)17)1-2-11(10)21-12-7(5-18)3-9(19)6-20-12/h1-4,6H,19H2,(H,20,21). The van der Waals surface area contributed by atoms with Crippen molar-refractivity contribution in [3.63, 3.8) is 0 Å². The van der Waals surface area contributed by atoms with Gasteiger partial charge in [0.25, 0.3) is 0 Å². The van der Waals surface area contributed by atoms with E-state index in [9.17, 15) is 13.2 Å². The lowest BCUT2D eigenvalue weighted by molar-refractivity contribution is -0.137. The molecule has 0 fully saturated rings. The Hall–Kier alpha value is -2.46. The first-order valence-electron chi connectivity index (χ1n) is 5.60. The van der Waals surface area contributed by atoms with E-state index in [1.807, 2.05) is 6.07 Å². The van der Waals surface area contributed by atoms with Gasteiger partial charge in [0.2, 0.25) is 0 Å².